The van der Waals surface area contributed by atoms with Gasteiger partial charge in [0.1, 0.15) is 5.76 Å². The lowest BCUT2D eigenvalue weighted by Crippen LogP contribution is -1.72. The molecule has 0 aromatic heterocycles. The van der Waals surface area contributed by atoms with Crippen LogP contribution in [0.1, 0.15) is 6.42 Å². The molecule has 0 aromatic rings. The van der Waals surface area contributed by atoms with Crippen molar-refractivity contribution < 1.29 is 9.53 Å². The Morgan fingerprint density at radius 3 is 2.83 bits per heavy atom. The van der Waals surface area contributed by atoms with Gasteiger partial charge in [-0.25, -0.2) is 4.79 Å². The number of hydrogen-bond acceptors (Lipinski definition) is 2. The molecule has 0 saturated carbocycles. The van der Waals surface area contributed by atoms with E-state index in [-0.39, 0.29) is 0 Å². The molecule has 1 rings (SSSR count). The first-order valence-electron chi connectivity index (χ1n) is 1.66. The van der Waals surface area contributed by atoms with Crippen molar-refractivity contribution in [2.75, 3.05) is 0 Å². The Morgan fingerprint density at radius 2 is 2.67 bits per heavy atom. The molecule has 2 heteroatoms. The molecular formula is C4H3O2. The maximum Gasteiger partial charge on any atom is 0.422 e. The topological polar surface area (TPSA) is 26.3 Å². The van der Waals surface area contributed by atoms with Crippen LogP contribution >= 0.6 is 0 Å². The molecule has 1 aliphatic rings. The minimum absolute atomic E-state index is 0.741. The van der Waals surface area contributed by atoms with Gasteiger partial charge < -0.3 is 4.74 Å². The van der Waals surface area contributed by atoms with Gasteiger partial charge >= 0.3 is 6.47 Å². The molecule has 0 amide bonds. The zero-order chi connectivity index (χ0) is 4.41. The van der Waals surface area contributed by atoms with E-state index in [9.17, 15) is 4.79 Å². The number of allylic oxidation sites excluding steroid dienone is 2. The molecule has 0 saturated heterocycles. The second-order valence-electron chi connectivity index (χ2n) is 1.06. The number of carbonyl (C=O) groups excluding carboxylic acids is 1. The molecule has 0 unspecified atom stereocenters. The Morgan fingerprint density at radius 1 is 2.00 bits per heavy atom. The molecule has 0 spiro atoms. The average Bonchev–Trinajstić information content (AvgIpc) is 2.21. The molecule has 0 aliphatic heterocycles. The highest BCUT2D eigenvalue weighted by atomic mass is 16.5. The Hall–Kier alpha value is -0.790. The van der Waals surface area contributed by atoms with Crippen molar-refractivity contribution in [2.45, 2.75) is 6.42 Å². The van der Waals surface area contributed by atoms with Gasteiger partial charge in [-0.05, 0) is 6.08 Å². The fourth-order valence-electron chi connectivity index (χ4n) is 0.179. The molecule has 0 N–H and O–H groups in total. The second kappa shape index (κ2) is 1.12. The molecule has 0 atom stereocenters. The van der Waals surface area contributed by atoms with Gasteiger partial charge in [0.25, 0.3) is 0 Å². The van der Waals surface area contributed by atoms with Crippen molar-refractivity contribution in [1.82, 2.24) is 0 Å². The van der Waals surface area contributed by atoms with Crippen molar-refractivity contribution >= 4 is 6.47 Å². The highest BCUT2D eigenvalue weighted by Crippen LogP contribution is 2.17. The quantitative estimate of drug-likeness (QED) is 0.481. The van der Waals surface area contributed by atoms with Gasteiger partial charge in [0.2, 0.25) is 0 Å². The van der Waals surface area contributed by atoms with Crippen molar-refractivity contribution in [3.05, 3.63) is 11.8 Å². The summed E-state index contributed by atoms with van der Waals surface area (Å²) in [6.07, 6.45) is 2.64. The van der Waals surface area contributed by atoms with Crippen LogP contribution in [-0.2, 0) is 9.53 Å². The monoisotopic (exact) mass is 83.0 g/mol. The van der Waals surface area contributed by atoms with Gasteiger partial charge in [0.05, 0.1) is 0 Å². The van der Waals surface area contributed by atoms with Gasteiger partial charge in [-0.15, -0.1) is 0 Å². The Kier molecular flexibility index (Phi) is 0.638. The van der Waals surface area contributed by atoms with E-state index in [4.69, 9.17) is 0 Å². The van der Waals surface area contributed by atoms with E-state index in [0.717, 1.165) is 12.2 Å². The van der Waals surface area contributed by atoms with Crippen LogP contribution < -0.4 is 0 Å². The third-order valence-corrected chi connectivity index (χ3v) is 0.544. The van der Waals surface area contributed by atoms with Crippen LogP contribution in [0.4, 0.5) is 0 Å². The lowest BCUT2D eigenvalue weighted by molar-refractivity contribution is 0.377. The average molecular weight is 83.1 g/mol. The summed E-state index contributed by atoms with van der Waals surface area (Å²) in [5.74, 6) is 0.741. The highest BCUT2D eigenvalue weighted by Gasteiger charge is 2.06. The predicted octanol–water partition coefficient (Wildman–Crippen LogP) is 0.358. The first-order chi connectivity index (χ1) is 2.93. The van der Waals surface area contributed by atoms with Crippen molar-refractivity contribution in [3.63, 3.8) is 0 Å². The van der Waals surface area contributed by atoms with Gasteiger partial charge in [0.15, 0.2) is 0 Å². The summed E-state index contributed by atoms with van der Waals surface area (Å²) in [6.45, 7) is 1.31. The lowest BCUT2D eigenvalue weighted by atomic mass is 10.8. The van der Waals surface area contributed by atoms with Crippen LogP contribution in [0.15, 0.2) is 11.8 Å². The third kappa shape index (κ3) is 0.578. The summed E-state index contributed by atoms with van der Waals surface area (Å²) in [5.41, 5.74) is 0. The van der Waals surface area contributed by atoms with Gasteiger partial charge in [0, 0.05) is 6.42 Å². The summed E-state index contributed by atoms with van der Waals surface area (Å²) in [6, 6.07) is 0. The lowest BCUT2D eigenvalue weighted by Gasteiger charge is -1.75. The number of ether oxygens (including phenoxy) is 1. The third-order valence-electron chi connectivity index (χ3n) is 0.544. The molecule has 0 fully saturated rings. The fraction of sp³-hybridized carbons (Fsp3) is 0.250. The van der Waals surface area contributed by atoms with E-state index in [0.29, 0.717) is 0 Å². The number of hydrogen-bond donors (Lipinski definition) is 0. The van der Waals surface area contributed by atoms with E-state index in [1.165, 1.54) is 6.47 Å². The zero-order valence-electron chi connectivity index (χ0n) is 3.10. The first-order valence-corrected chi connectivity index (χ1v) is 1.66. The minimum atomic E-state index is 0.741. The van der Waals surface area contributed by atoms with Crippen LogP contribution in [0.5, 0.6) is 0 Å². The van der Waals surface area contributed by atoms with E-state index < -0.39 is 0 Å². The summed E-state index contributed by atoms with van der Waals surface area (Å²) in [5, 5.41) is 0. The minimum Gasteiger partial charge on any atom is -0.423 e. The summed E-state index contributed by atoms with van der Waals surface area (Å²) in [7, 11) is 0. The van der Waals surface area contributed by atoms with Gasteiger partial charge in [-0.2, -0.15) is 0 Å². The molecule has 1 aliphatic carbocycles. The molecular weight excluding hydrogens is 80.0 g/mol. The van der Waals surface area contributed by atoms with Crippen molar-refractivity contribution in [2.24, 2.45) is 0 Å². The maximum absolute atomic E-state index is 9.27. The second-order valence-corrected chi connectivity index (χ2v) is 1.06. The van der Waals surface area contributed by atoms with Crippen LogP contribution in [-0.4, -0.2) is 6.47 Å². The van der Waals surface area contributed by atoms with Crippen LogP contribution in [0.2, 0.25) is 0 Å². The molecule has 6 heavy (non-hydrogen) atoms. The van der Waals surface area contributed by atoms with E-state index in [1.54, 1.807) is 0 Å². The molecule has 2 nitrogen and oxygen atoms in total. The molecule has 0 bridgehead atoms. The SMILES string of the molecule is O=[C]OC1=CC1. The Labute approximate surface area is 35.4 Å². The van der Waals surface area contributed by atoms with Crippen LogP contribution in [0, 0.1) is 0 Å². The highest BCUT2D eigenvalue weighted by molar-refractivity contribution is 5.43. The fourth-order valence-corrected chi connectivity index (χ4v) is 0.179. The van der Waals surface area contributed by atoms with Crippen molar-refractivity contribution in [3.8, 4) is 0 Å². The number of rotatable bonds is 2. The van der Waals surface area contributed by atoms with Crippen molar-refractivity contribution in [1.29, 1.82) is 0 Å². The van der Waals surface area contributed by atoms with E-state index in [1.807, 2.05) is 6.08 Å². The standard InChI is InChI=1S/C4H3O2/c5-3-6-4-1-2-4/h1H,2H2. The molecule has 0 heterocycles. The summed E-state index contributed by atoms with van der Waals surface area (Å²) in [4.78, 5) is 9.27. The molecule has 31 valence electrons. The molecule has 0 aromatic carbocycles. The van der Waals surface area contributed by atoms with Crippen LogP contribution in [0.3, 0.4) is 0 Å². The smallest absolute Gasteiger partial charge is 0.422 e. The maximum atomic E-state index is 9.27. The first kappa shape index (κ1) is 3.40. The Balaban J connectivity index is 2.16. The predicted molar refractivity (Wildman–Crippen MR) is 19.5 cm³/mol. The van der Waals surface area contributed by atoms with Gasteiger partial charge in [-0.1, -0.05) is 0 Å². The largest absolute Gasteiger partial charge is 0.423 e. The summed E-state index contributed by atoms with van der Waals surface area (Å²) >= 11 is 0. The normalized spacial score (nSPS) is 15.7. The molecule has 1 radical (unpaired) electrons. The zero-order valence-corrected chi connectivity index (χ0v) is 3.10. The summed E-state index contributed by atoms with van der Waals surface area (Å²) < 4.78 is 4.21. The van der Waals surface area contributed by atoms with Crippen LogP contribution in [0.25, 0.3) is 0 Å². The van der Waals surface area contributed by atoms with Gasteiger partial charge in [-0.3, -0.25) is 0 Å². The van der Waals surface area contributed by atoms with E-state index in [2.05, 4.69) is 4.74 Å². The Bertz CT molecular complexity index is 93.7. The van der Waals surface area contributed by atoms with E-state index >= 15 is 0 Å².